The number of hydrogen-bond donors (Lipinski definition) is 1. The molecule has 0 aromatic heterocycles. The number of methoxy groups -OCH3 is 1. The van der Waals surface area contributed by atoms with Crippen molar-refractivity contribution in [1.82, 2.24) is 5.32 Å². The van der Waals surface area contributed by atoms with Gasteiger partial charge in [0.25, 0.3) is 0 Å². The summed E-state index contributed by atoms with van der Waals surface area (Å²) in [6.07, 6.45) is 2.87. The molecule has 1 rings (SSSR count). The van der Waals surface area contributed by atoms with Crippen molar-refractivity contribution in [2.24, 2.45) is 0 Å². The second kappa shape index (κ2) is 8.74. The van der Waals surface area contributed by atoms with Crippen LogP contribution in [0.3, 0.4) is 0 Å². The lowest BCUT2D eigenvalue weighted by atomic mass is 10.2. The fourth-order valence-electron chi connectivity index (χ4n) is 1.53. The largest absolute Gasteiger partial charge is 0.494 e. The minimum atomic E-state index is -0.386. The third-order valence-corrected chi connectivity index (χ3v) is 2.58. The number of unbranched alkanes of at least 4 members (excludes halogenated alkanes) is 1. The molecule has 20 heavy (non-hydrogen) atoms. The smallest absolute Gasteiger partial charge is 0.337 e. The van der Waals surface area contributed by atoms with Crippen LogP contribution < -0.4 is 10.1 Å². The topological polar surface area (TPSA) is 64.6 Å². The molecule has 1 aromatic rings. The first-order valence-corrected chi connectivity index (χ1v) is 6.39. The molecular formula is C15H19NO4. The van der Waals surface area contributed by atoms with Crippen molar-refractivity contribution < 1.29 is 19.1 Å². The molecule has 1 amide bonds. The van der Waals surface area contributed by atoms with Crippen LogP contribution in [0.15, 0.2) is 36.9 Å². The lowest BCUT2D eigenvalue weighted by Crippen LogP contribution is -2.22. The lowest BCUT2D eigenvalue weighted by Gasteiger charge is -2.07. The van der Waals surface area contributed by atoms with Crippen LogP contribution in [0, 0.1) is 0 Å². The van der Waals surface area contributed by atoms with Crippen LogP contribution in [0.2, 0.25) is 0 Å². The van der Waals surface area contributed by atoms with E-state index in [1.807, 2.05) is 0 Å². The zero-order chi connectivity index (χ0) is 14.8. The van der Waals surface area contributed by atoms with Crippen molar-refractivity contribution >= 4 is 11.9 Å². The highest BCUT2D eigenvalue weighted by molar-refractivity contribution is 5.89. The van der Waals surface area contributed by atoms with Gasteiger partial charge in [0.15, 0.2) is 0 Å². The Balaban J connectivity index is 2.27. The zero-order valence-corrected chi connectivity index (χ0v) is 11.6. The Morgan fingerprint density at radius 1 is 1.35 bits per heavy atom. The number of amides is 1. The molecule has 1 aromatic carbocycles. The fraction of sp³-hybridized carbons (Fsp3) is 0.333. The van der Waals surface area contributed by atoms with Crippen LogP contribution >= 0.6 is 0 Å². The van der Waals surface area contributed by atoms with Crippen LogP contribution in [0.25, 0.3) is 0 Å². The molecule has 0 atom stereocenters. The minimum absolute atomic E-state index is 0.170. The minimum Gasteiger partial charge on any atom is -0.494 e. The number of carbonyl (C=O) groups is 2. The average molecular weight is 277 g/mol. The maximum atomic E-state index is 11.3. The van der Waals surface area contributed by atoms with Gasteiger partial charge in [-0.25, -0.2) is 4.79 Å². The summed E-state index contributed by atoms with van der Waals surface area (Å²) in [6.45, 7) is 4.49. The summed E-state index contributed by atoms with van der Waals surface area (Å²) < 4.78 is 10.2. The van der Waals surface area contributed by atoms with E-state index >= 15 is 0 Å². The van der Waals surface area contributed by atoms with E-state index in [1.165, 1.54) is 13.2 Å². The van der Waals surface area contributed by atoms with Crippen molar-refractivity contribution in [3.8, 4) is 5.75 Å². The number of ether oxygens (including phenoxy) is 2. The maximum Gasteiger partial charge on any atom is 0.337 e. The summed E-state index contributed by atoms with van der Waals surface area (Å²) in [5, 5.41) is 2.69. The van der Waals surface area contributed by atoms with Crippen LogP contribution in [-0.2, 0) is 9.53 Å². The van der Waals surface area contributed by atoms with Gasteiger partial charge in [0.05, 0.1) is 19.3 Å². The quantitative estimate of drug-likeness (QED) is 0.448. The molecule has 0 bridgehead atoms. The first-order valence-electron chi connectivity index (χ1n) is 6.39. The van der Waals surface area contributed by atoms with Gasteiger partial charge < -0.3 is 14.8 Å². The van der Waals surface area contributed by atoms with Gasteiger partial charge in [0.1, 0.15) is 5.75 Å². The zero-order valence-electron chi connectivity index (χ0n) is 11.6. The molecule has 5 nitrogen and oxygen atoms in total. The van der Waals surface area contributed by atoms with Gasteiger partial charge in [-0.2, -0.15) is 0 Å². The molecule has 0 aliphatic rings. The van der Waals surface area contributed by atoms with Gasteiger partial charge >= 0.3 is 5.97 Å². The number of nitrogens with one attached hydrogen (secondary N) is 1. The second-order valence-corrected chi connectivity index (χ2v) is 4.07. The van der Waals surface area contributed by atoms with Gasteiger partial charge in [-0.05, 0) is 37.1 Å². The summed E-state index contributed by atoms with van der Waals surface area (Å²) >= 11 is 0. The van der Waals surface area contributed by atoms with E-state index in [0.29, 0.717) is 24.5 Å². The average Bonchev–Trinajstić information content (AvgIpc) is 2.49. The number of esters is 1. The third kappa shape index (κ3) is 5.56. The molecule has 0 radical (unpaired) electrons. The van der Waals surface area contributed by atoms with E-state index in [2.05, 4.69) is 16.6 Å². The molecule has 0 aliphatic heterocycles. The van der Waals surface area contributed by atoms with Crippen LogP contribution in [-0.4, -0.2) is 32.1 Å². The van der Waals surface area contributed by atoms with E-state index in [1.54, 1.807) is 24.3 Å². The molecule has 5 heteroatoms. The van der Waals surface area contributed by atoms with Gasteiger partial charge in [-0.3, -0.25) is 4.79 Å². The van der Waals surface area contributed by atoms with Crippen molar-refractivity contribution in [1.29, 1.82) is 0 Å². The Morgan fingerprint density at radius 2 is 2.15 bits per heavy atom. The molecule has 0 aliphatic carbocycles. The van der Waals surface area contributed by atoms with Crippen LogP contribution in [0.4, 0.5) is 0 Å². The Kier molecular flexibility index (Phi) is 6.89. The highest BCUT2D eigenvalue weighted by Crippen LogP contribution is 2.14. The standard InChI is InChI=1S/C15H19NO4/c1-3-14(17)16-9-4-5-10-20-13-8-6-7-12(11-13)15(18)19-2/h3,6-8,11H,1,4-5,9-10H2,2H3,(H,16,17). The molecule has 0 heterocycles. The SMILES string of the molecule is C=CC(=O)NCCCCOc1cccc(C(=O)OC)c1. The molecular weight excluding hydrogens is 258 g/mol. The van der Waals surface area contributed by atoms with Crippen molar-refractivity contribution in [3.05, 3.63) is 42.5 Å². The maximum absolute atomic E-state index is 11.3. The number of rotatable bonds is 8. The van der Waals surface area contributed by atoms with E-state index in [0.717, 1.165) is 12.8 Å². The predicted octanol–water partition coefficient (Wildman–Crippen LogP) is 1.93. The van der Waals surface area contributed by atoms with Crippen molar-refractivity contribution in [2.45, 2.75) is 12.8 Å². The van der Waals surface area contributed by atoms with Gasteiger partial charge in [0.2, 0.25) is 5.91 Å². The Hall–Kier alpha value is -2.30. The molecule has 0 saturated heterocycles. The van der Waals surface area contributed by atoms with E-state index in [-0.39, 0.29) is 11.9 Å². The number of benzene rings is 1. The highest BCUT2D eigenvalue weighted by atomic mass is 16.5. The van der Waals surface area contributed by atoms with Crippen LogP contribution in [0.5, 0.6) is 5.75 Å². The molecule has 0 fully saturated rings. The Bertz CT molecular complexity index is 471. The second-order valence-electron chi connectivity index (χ2n) is 4.07. The molecule has 0 spiro atoms. The Labute approximate surface area is 118 Å². The predicted molar refractivity (Wildman–Crippen MR) is 75.7 cm³/mol. The molecule has 0 unspecified atom stereocenters. The third-order valence-electron chi connectivity index (χ3n) is 2.58. The first kappa shape index (κ1) is 15.8. The molecule has 108 valence electrons. The van der Waals surface area contributed by atoms with E-state index < -0.39 is 0 Å². The fourth-order valence-corrected chi connectivity index (χ4v) is 1.53. The number of hydrogen-bond acceptors (Lipinski definition) is 4. The van der Waals surface area contributed by atoms with Gasteiger partial charge in [-0.1, -0.05) is 12.6 Å². The van der Waals surface area contributed by atoms with Crippen LogP contribution in [0.1, 0.15) is 23.2 Å². The summed E-state index contributed by atoms with van der Waals surface area (Å²) in [4.78, 5) is 22.2. The summed E-state index contributed by atoms with van der Waals surface area (Å²) in [7, 11) is 1.34. The Morgan fingerprint density at radius 3 is 2.85 bits per heavy atom. The highest BCUT2D eigenvalue weighted by Gasteiger charge is 2.05. The monoisotopic (exact) mass is 277 g/mol. The van der Waals surface area contributed by atoms with Crippen molar-refractivity contribution in [3.63, 3.8) is 0 Å². The van der Waals surface area contributed by atoms with Crippen molar-refractivity contribution in [2.75, 3.05) is 20.3 Å². The summed E-state index contributed by atoms with van der Waals surface area (Å²) in [6, 6.07) is 6.84. The summed E-state index contributed by atoms with van der Waals surface area (Å²) in [5.41, 5.74) is 0.461. The van der Waals surface area contributed by atoms with Gasteiger partial charge in [0, 0.05) is 6.54 Å². The summed E-state index contributed by atoms with van der Waals surface area (Å²) in [5.74, 6) is 0.0716. The van der Waals surface area contributed by atoms with E-state index in [9.17, 15) is 9.59 Å². The normalized spacial score (nSPS) is 9.65. The number of carbonyl (C=O) groups excluding carboxylic acids is 2. The first-order chi connectivity index (χ1) is 9.67. The molecule has 0 saturated carbocycles. The van der Waals surface area contributed by atoms with E-state index in [4.69, 9.17) is 4.74 Å². The molecule has 1 N–H and O–H groups in total. The van der Waals surface area contributed by atoms with Gasteiger partial charge in [-0.15, -0.1) is 0 Å². The lowest BCUT2D eigenvalue weighted by molar-refractivity contribution is -0.116.